The van der Waals surface area contributed by atoms with E-state index in [1.54, 1.807) is 0 Å². The molecule has 0 radical (unpaired) electrons. The molecule has 1 heteroatoms. The van der Waals surface area contributed by atoms with Crippen molar-refractivity contribution < 1.29 is 4.74 Å². The molecule has 0 saturated heterocycles. The third kappa shape index (κ3) is 31.5. The third-order valence-electron chi connectivity index (χ3n) is 12.6. The van der Waals surface area contributed by atoms with E-state index in [4.69, 9.17) is 4.74 Å². The first-order valence-corrected chi connectivity index (χ1v) is 25.3. The summed E-state index contributed by atoms with van der Waals surface area (Å²) < 4.78 is 5.94. The van der Waals surface area contributed by atoms with Gasteiger partial charge in [0.05, 0.1) is 0 Å². The lowest BCUT2D eigenvalue weighted by molar-refractivity contribution is 0.125. The van der Waals surface area contributed by atoms with E-state index in [0.717, 1.165) is 13.2 Å². The number of ether oxygens (including phenoxy) is 1. The Bertz CT molecular complexity index is 1000. The fourth-order valence-electron chi connectivity index (χ4n) is 8.78. The molecule has 0 fully saturated rings. The van der Waals surface area contributed by atoms with Crippen LogP contribution in [0.5, 0.6) is 0 Å². The molecule has 0 aromatic heterocycles. The molecule has 2 aromatic rings. The summed E-state index contributed by atoms with van der Waals surface area (Å²) in [7, 11) is 0. The third-order valence-corrected chi connectivity index (χ3v) is 12.6. The van der Waals surface area contributed by atoms with Gasteiger partial charge >= 0.3 is 0 Å². The molecule has 57 heavy (non-hydrogen) atoms. The van der Waals surface area contributed by atoms with Crippen molar-refractivity contribution in [3.05, 3.63) is 97.1 Å². The molecular weight excluding hydrogens is 689 g/mol. The fraction of sp³-hybridized carbons (Fsp3) is 0.714. The van der Waals surface area contributed by atoms with E-state index in [1.807, 2.05) is 0 Å². The minimum atomic E-state index is 0.529. The van der Waals surface area contributed by atoms with Crippen LogP contribution in [-0.2, 0) is 4.74 Å². The van der Waals surface area contributed by atoms with Crippen molar-refractivity contribution in [3.63, 3.8) is 0 Å². The molecule has 2 aromatic carbocycles. The molecule has 0 spiro atoms. The molecule has 0 aliphatic carbocycles. The highest BCUT2D eigenvalue weighted by molar-refractivity contribution is 5.23. The van der Waals surface area contributed by atoms with Crippen LogP contribution in [-0.4, -0.2) is 13.2 Å². The van der Waals surface area contributed by atoms with Crippen molar-refractivity contribution in [1.82, 2.24) is 0 Å². The van der Waals surface area contributed by atoms with Crippen LogP contribution >= 0.6 is 0 Å². The Balaban J connectivity index is 1.15. The lowest BCUT2D eigenvalue weighted by Gasteiger charge is -2.12. The average molecular weight is 783 g/mol. The summed E-state index contributed by atoms with van der Waals surface area (Å²) in [6.07, 6.45) is 54.8. The van der Waals surface area contributed by atoms with Gasteiger partial charge in [0.25, 0.3) is 0 Å². The molecule has 1 nitrogen and oxygen atoms in total. The number of hydrogen-bond acceptors (Lipinski definition) is 1. The number of rotatable bonds is 44. The van der Waals surface area contributed by atoms with Gasteiger partial charge in [0.15, 0.2) is 0 Å². The first-order chi connectivity index (χ1) is 28.3. The smallest absolute Gasteiger partial charge is 0.0466 e. The largest absolute Gasteiger partial charge is 0.381 e. The SMILES string of the molecule is C=CC(CCCCCCCCCCCCCCCCCCCOCCCCCCCCCCCCCCCCCCCC(C=C)c1ccccc1)c1ccccc1. The van der Waals surface area contributed by atoms with Crippen molar-refractivity contribution in [1.29, 1.82) is 0 Å². The van der Waals surface area contributed by atoms with Crippen LogP contribution in [0.3, 0.4) is 0 Å². The van der Waals surface area contributed by atoms with Crippen LogP contribution < -0.4 is 0 Å². The van der Waals surface area contributed by atoms with Gasteiger partial charge in [-0.05, 0) is 36.8 Å². The van der Waals surface area contributed by atoms with Crippen molar-refractivity contribution in [2.45, 2.75) is 243 Å². The van der Waals surface area contributed by atoms with Crippen LogP contribution in [0.15, 0.2) is 86.0 Å². The fourth-order valence-corrected chi connectivity index (χ4v) is 8.78. The molecule has 0 amide bonds. The van der Waals surface area contributed by atoms with Gasteiger partial charge in [0.1, 0.15) is 0 Å². The predicted octanol–water partition coefficient (Wildman–Crippen LogP) is 19.0. The maximum atomic E-state index is 5.94. The lowest BCUT2D eigenvalue weighted by Crippen LogP contribution is -1.97. The van der Waals surface area contributed by atoms with Crippen LogP contribution in [0.2, 0.25) is 0 Å². The van der Waals surface area contributed by atoms with E-state index in [-0.39, 0.29) is 0 Å². The Morgan fingerprint density at radius 1 is 0.298 bits per heavy atom. The van der Waals surface area contributed by atoms with Gasteiger partial charge in [-0.3, -0.25) is 0 Å². The molecule has 0 aliphatic rings. The Hall–Kier alpha value is -2.12. The number of allylic oxidation sites excluding steroid dienone is 2. The van der Waals surface area contributed by atoms with Gasteiger partial charge in [0.2, 0.25) is 0 Å². The highest BCUT2D eigenvalue weighted by atomic mass is 16.5. The Morgan fingerprint density at radius 2 is 0.509 bits per heavy atom. The van der Waals surface area contributed by atoms with Gasteiger partial charge in [0, 0.05) is 25.0 Å². The standard InChI is InChI=1S/C56H94O/c1-3-53(55-47-39-35-40-48-55)45-37-31-27-23-19-15-11-7-5-9-13-17-21-25-29-33-43-51-57-52-44-34-30-26-22-18-14-10-6-8-12-16-20-24-28-32-38-46-54(4-2)56-49-41-36-42-50-56/h3-4,35-36,39-42,47-50,53-54H,1-2,5-34,37-38,43-46,51-52H2. The summed E-state index contributed by atoms with van der Waals surface area (Å²) in [5, 5.41) is 0. The van der Waals surface area contributed by atoms with Gasteiger partial charge in [-0.15, -0.1) is 13.2 Å². The first kappa shape index (κ1) is 51.0. The highest BCUT2D eigenvalue weighted by Crippen LogP contribution is 2.25. The van der Waals surface area contributed by atoms with Crippen molar-refractivity contribution in [2.75, 3.05) is 13.2 Å². The number of unbranched alkanes of at least 4 members (excludes halogenated alkanes) is 32. The van der Waals surface area contributed by atoms with E-state index < -0.39 is 0 Å². The Kier molecular flexibility index (Phi) is 36.4. The van der Waals surface area contributed by atoms with E-state index >= 15 is 0 Å². The molecule has 0 saturated carbocycles. The number of benzene rings is 2. The zero-order valence-corrected chi connectivity index (χ0v) is 37.8. The molecule has 0 N–H and O–H groups in total. The normalized spacial score (nSPS) is 12.5. The molecule has 324 valence electrons. The average Bonchev–Trinajstić information content (AvgIpc) is 3.25. The van der Waals surface area contributed by atoms with Gasteiger partial charge in [-0.25, -0.2) is 0 Å². The topological polar surface area (TPSA) is 9.23 Å². The minimum absolute atomic E-state index is 0.529. The van der Waals surface area contributed by atoms with Crippen molar-refractivity contribution >= 4 is 0 Å². The van der Waals surface area contributed by atoms with Crippen LogP contribution in [0, 0.1) is 0 Å². The van der Waals surface area contributed by atoms with Crippen LogP contribution in [0.25, 0.3) is 0 Å². The zero-order valence-electron chi connectivity index (χ0n) is 37.8. The summed E-state index contributed by atoms with van der Waals surface area (Å²) in [5.41, 5.74) is 2.85. The molecular formula is C56H94O. The summed E-state index contributed by atoms with van der Waals surface area (Å²) in [5.74, 6) is 1.06. The molecule has 0 aliphatic heterocycles. The molecule has 2 unspecified atom stereocenters. The van der Waals surface area contributed by atoms with Crippen LogP contribution in [0.4, 0.5) is 0 Å². The lowest BCUT2D eigenvalue weighted by atomic mass is 9.93. The maximum absolute atomic E-state index is 5.94. The van der Waals surface area contributed by atoms with Crippen LogP contribution in [0.1, 0.15) is 254 Å². The van der Waals surface area contributed by atoms with Gasteiger partial charge in [-0.2, -0.15) is 0 Å². The van der Waals surface area contributed by atoms with Crippen molar-refractivity contribution in [3.8, 4) is 0 Å². The second-order valence-electron chi connectivity index (χ2n) is 17.7. The second-order valence-corrected chi connectivity index (χ2v) is 17.7. The van der Waals surface area contributed by atoms with Gasteiger partial charge in [-0.1, -0.05) is 278 Å². The quantitative estimate of drug-likeness (QED) is 0.0480. The van der Waals surface area contributed by atoms with Gasteiger partial charge < -0.3 is 4.74 Å². The summed E-state index contributed by atoms with van der Waals surface area (Å²) >= 11 is 0. The van der Waals surface area contributed by atoms with E-state index in [1.165, 1.54) is 242 Å². The zero-order chi connectivity index (χ0) is 40.4. The Labute approximate surface area is 356 Å². The molecule has 0 bridgehead atoms. The van der Waals surface area contributed by atoms with E-state index in [2.05, 4.69) is 86.0 Å². The summed E-state index contributed by atoms with van der Waals surface area (Å²) in [6.45, 7) is 10.1. The maximum Gasteiger partial charge on any atom is 0.0466 e. The molecule has 2 atom stereocenters. The summed E-state index contributed by atoms with van der Waals surface area (Å²) in [6, 6.07) is 21.8. The predicted molar refractivity (Wildman–Crippen MR) is 256 cm³/mol. The van der Waals surface area contributed by atoms with E-state index in [0.29, 0.717) is 11.8 Å². The number of hydrogen-bond donors (Lipinski definition) is 0. The first-order valence-electron chi connectivity index (χ1n) is 25.3. The van der Waals surface area contributed by atoms with E-state index in [9.17, 15) is 0 Å². The highest BCUT2D eigenvalue weighted by Gasteiger charge is 2.07. The monoisotopic (exact) mass is 783 g/mol. The second kappa shape index (κ2) is 40.7. The van der Waals surface area contributed by atoms with Crippen molar-refractivity contribution in [2.24, 2.45) is 0 Å². The Morgan fingerprint density at radius 3 is 0.737 bits per heavy atom. The minimum Gasteiger partial charge on any atom is -0.381 e. The molecule has 2 rings (SSSR count). The summed E-state index contributed by atoms with van der Waals surface area (Å²) in [4.78, 5) is 0. The molecule has 0 heterocycles.